The van der Waals surface area contributed by atoms with Gasteiger partial charge in [0, 0.05) is 22.8 Å². The number of ether oxygens (including phenoxy) is 1. The van der Waals surface area contributed by atoms with Crippen molar-refractivity contribution < 1.29 is 9.53 Å². The average molecular weight is 346 g/mol. The van der Waals surface area contributed by atoms with Crippen molar-refractivity contribution in [1.29, 1.82) is 0 Å². The Bertz CT molecular complexity index is 376. The summed E-state index contributed by atoms with van der Waals surface area (Å²) < 4.78 is 5.78. The van der Waals surface area contributed by atoms with Crippen molar-refractivity contribution in [3.05, 3.63) is 0 Å². The zero-order chi connectivity index (χ0) is 18.5. The third-order valence-electron chi connectivity index (χ3n) is 4.73. The third-order valence-corrected chi connectivity index (χ3v) is 5.15. The van der Waals surface area contributed by atoms with Gasteiger partial charge in [-0.25, -0.2) is 0 Å². The Balaban J connectivity index is 4.55. The van der Waals surface area contributed by atoms with Gasteiger partial charge >= 0.3 is 0 Å². The van der Waals surface area contributed by atoms with E-state index in [1.165, 1.54) is 0 Å². The smallest absolute Gasteiger partial charge is 0.226 e. The first-order valence-electron chi connectivity index (χ1n) is 8.85. The molecular weight excluding hydrogens is 306 g/mol. The highest BCUT2D eigenvalue weighted by Crippen LogP contribution is 2.36. The summed E-state index contributed by atoms with van der Waals surface area (Å²) in [6.07, 6.45) is 2.85. The molecular formula is C19H39NO2S. The minimum Gasteiger partial charge on any atom is -0.377 e. The van der Waals surface area contributed by atoms with Crippen molar-refractivity contribution in [1.82, 2.24) is 5.32 Å². The van der Waals surface area contributed by atoms with Crippen LogP contribution in [-0.4, -0.2) is 29.4 Å². The Morgan fingerprint density at radius 3 is 2.09 bits per heavy atom. The van der Waals surface area contributed by atoms with E-state index in [9.17, 15) is 4.79 Å². The number of thiol groups is 1. The van der Waals surface area contributed by atoms with Crippen LogP contribution in [0.4, 0.5) is 0 Å². The highest BCUT2D eigenvalue weighted by Gasteiger charge is 2.36. The molecule has 0 aliphatic rings. The molecule has 0 aromatic heterocycles. The van der Waals surface area contributed by atoms with Crippen LogP contribution in [0.5, 0.6) is 0 Å². The van der Waals surface area contributed by atoms with E-state index in [0.717, 1.165) is 19.3 Å². The van der Waals surface area contributed by atoms with Gasteiger partial charge in [0.25, 0.3) is 0 Å². The molecule has 0 fully saturated rings. The maximum Gasteiger partial charge on any atom is 0.226 e. The molecule has 1 amide bonds. The maximum atomic E-state index is 12.7. The highest BCUT2D eigenvalue weighted by molar-refractivity contribution is 7.81. The predicted octanol–water partition coefficient (Wildman–Crippen LogP) is 4.85. The third kappa shape index (κ3) is 8.99. The van der Waals surface area contributed by atoms with Gasteiger partial charge in [0.15, 0.2) is 0 Å². The molecule has 0 saturated heterocycles. The highest BCUT2D eigenvalue weighted by atomic mass is 32.1. The molecule has 0 spiro atoms. The van der Waals surface area contributed by atoms with Crippen LogP contribution in [-0.2, 0) is 9.53 Å². The summed E-state index contributed by atoms with van der Waals surface area (Å²) in [4.78, 5) is 12.7. The van der Waals surface area contributed by atoms with Crippen molar-refractivity contribution in [3.8, 4) is 0 Å². The fraction of sp³-hybridized carbons (Fsp3) is 0.947. The molecule has 0 heterocycles. The summed E-state index contributed by atoms with van der Waals surface area (Å²) in [7, 11) is 0. The SMILES string of the molecule is CCC(C)(C)CC(C)(C)C(=O)NC(C)(C)CCOC(C)C(C)S. The first-order valence-corrected chi connectivity index (χ1v) is 9.36. The first-order chi connectivity index (χ1) is 10.2. The van der Waals surface area contributed by atoms with Crippen molar-refractivity contribution in [2.24, 2.45) is 10.8 Å². The second-order valence-electron chi connectivity index (χ2n) is 8.98. The Labute approximate surface area is 149 Å². The summed E-state index contributed by atoms with van der Waals surface area (Å²) in [5.41, 5.74) is -0.471. The molecule has 1 N–H and O–H groups in total. The number of nitrogens with one attached hydrogen (secondary N) is 1. The quantitative estimate of drug-likeness (QED) is 0.556. The summed E-state index contributed by atoms with van der Waals surface area (Å²) in [6.45, 7) is 19.5. The zero-order valence-corrected chi connectivity index (χ0v) is 17.6. The lowest BCUT2D eigenvalue weighted by Gasteiger charge is -2.36. The number of hydrogen-bond acceptors (Lipinski definition) is 3. The van der Waals surface area contributed by atoms with Gasteiger partial charge in [-0.3, -0.25) is 4.79 Å². The molecule has 0 aromatic carbocycles. The number of rotatable bonds is 10. The summed E-state index contributed by atoms with van der Waals surface area (Å²) in [6, 6.07) is 0. The van der Waals surface area contributed by atoms with Crippen molar-refractivity contribution in [3.63, 3.8) is 0 Å². The molecule has 0 aliphatic carbocycles. The minimum absolute atomic E-state index is 0.117. The lowest BCUT2D eigenvalue weighted by Crippen LogP contribution is -2.50. The van der Waals surface area contributed by atoms with Gasteiger partial charge in [-0.05, 0) is 39.0 Å². The zero-order valence-electron chi connectivity index (χ0n) is 16.7. The van der Waals surface area contributed by atoms with Gasteiger partial charge < -0.3 is 10.1 Å². The molecule has 2 unspecified atom stereocenters. The van der Waals surface area contributed by atoms with Crippen molar-refractivity contribution >= 4 is 18.5 Å². The van der Waals surface area contributed by atoms with Crippen LogP contribution in [0.2, 0.25) is 0 Å². The fourth-order valence-electron chi connectivity index (χ4n) is 2.58. The van der Waals surface area contributed by atoms with E-state index in [1.807, 2.05) is 27.7 Å². The largest absolute Gasteiger partial charge is 0.377 e. The predicted molar refractivity (Wildman–Crippen MR) is 103 cm³/mol. The topological polar surface area (TPSA) is 38.3 Å². The Kier molecular flexibility index (Phi) is 8.67. The van der Waals surface area contributed by atoms with Gasteiger partial charge in [-0.15, -0.1) is 0 Å². The van der Waals surface area contributed by atoms with Crippen molar-refractivity contribution in [2.45, 2.75) is 98.5 Å². The van der Waals surface area contributed by atoms with Crippen LogP contribution in [0.15, 0.2) is 0 Å². The molecule has 0 saturated carbocycles. The van der Waals surface area contributed by atoms with E-state index in [4.69, 9.17) is 4.74 Å². The number of hydrogen-bond donors (Lipinski definition) is 2. The molecule has 3 nitrogen and oxygen atoms in total. The molecule has 23 heavy (non-hydrogen) atoms. The van der Waals surface area contributed by atoms with Crippen LogP contribution in [0, 0.1) is 10.8 Å². The number of carbonyl (C=O) groups excluding carboxylic acids is 1. The van der Waals surface area contributed by atoms with E-state index in [0.29, 0.717) is 6.61 Å². The fourth-order valence-corrected chi connectivity index (χ4v) is 2.67. The van der Waals surface area contributed by atoms with E-state index in [-0.39, 0.29) is 33.6 Å². The van der Waals surface area contributed by atoms with Gasteiger partial charge in [-0.2, -0.15) is 12.6 Å². The summed E-state index contributed by atoms with van der Waals surface area (Å²) in [5.74, 6) is 0.125. The molecule has 0 bridgehead atoms. The summed E-state index contributed by atoms with van der Waals surface area (Å²) >= 11 is 4.39. The van der Waals surface area contributed by atoms with Gasteiger partial charge in [0.1, 0.15) is 0 Å². The van der Waals surface area contributed by atoms with Crippen LogP contribution in [0.3, 0.4) is 0 Å². The molecule has 2 atom stereocenters. The van der Waals surface area contributed by atoms with E-state index >= 15 is 0 Å². The second kappa shape index (κ2) is 8.75. The molecule has 4 heteroatoms. The monoisotopic (exact) mass is 345 g/mol. The maximum absolute atomic E-state index is 12.7. The van der Waals surface area contributed by atoms with Crippen LogP contribution in [0.25, 0.3) is 0 Å². The second-order valence-corrected chi connectivity index (χ2v) is 9.80. The lowest BCUT2D eigenvalue weighted by atomic mass is 9.73. The van der Waals surface area contributed by atoms with Crippen LogP contribution >= 0.6 is 12.6 Å². The molecule has 0 radical (unpaired) electrons. The molecule has 0 aromatic rings. The number of carbonyl (C=O) groups is 1. The standard InChI is InChI=1S/C19H39NO2S/c1-10-17(4,5)13-18(6,7)16(21)20-19(8,9)11-12-22-14(2)15(3)23/h14-15,23H,10-13H2,1-9H3,(H,20,21). The Morgan fingerprint density at radius 2 is 1.65 bits per heavy atom. The Morgan fingerprint density at radius 1 is 1.13 bits per heavy atom. The lowest BCUT2D eigenvalue weighted by molar-refractivity contribution is -0.133. The average Bonchev–Trinajstić information content (AvgIpc) is 2.36. The van der Waals surface area contributed by atoms with Crippen LogP contribution < -0.4 is 5.32 Å². The number of amides is 1. The summed E-state index contributed by atoms with van der Waals surface area (Å²) in [5, 5.41) is 3.42. The van der Waals surface area contributed by atoms with E-state index in [1.54, 1.807) is 0 Å². The van der Waals surface area contributed by atoms with Crippen molar-refractivity contribution in [2.75, 3.05) is 6.61 Å². The molecule has 0 aliphatic heterocycles. The van der Waals surface area contributed by atoms with Gasteiger partial charge in [0.05, 0.1) is 6.10 Å². The Hall–Kier alpha value is -0.220. The van der Waals surface area contributed by atoms with E-state index < -0.39 is 0 Å². The van der Waals surface area contributed by atoms with Gasteiger partial charge in [0.2, 0.25) is 5.91 Å². The minimum atomic E-state index is -0.370. The normalized spacial score (nSPS) is 16.1. The molecule has 0 rings (SSSR count). The first kappa shape index (κ1) is 22.8. The van der Waals surface area contributed by atoms with Crippen LogP contribution in [0.1, 0.15) is 81.6 Å². The van der Waals surface area contributed by atoms with Gasteiger partial charge in [-0.1, -0.05) is 48.0 Å². The molecule has 138 valence electrons. The van der Waals surface area contributed by atoms with E-state index in [2.05, 4.69) is 52.6 Å².